The predicted octanol–water partition coefficient (Wildman–Crippen LogP) is 3.13. The third-order valence-electron chi connectivity index (χ3n) is 7.21. The number of aromatic nitrogens is 1. The van der Waals surface area contributed by atoms with Gasteiger partial charge >= 0.3 is 12.0 Å². The Bertz CT molecular complexity index is 1270. The van der Waals surface area contributed by atoms with Gasteiger partial charge in [0, 0.05) is 17.6 Å². The minimum absolute atomic E-state index is 0.0512. The van der Waals surface area contributed by atoms with Crippen LogP contribution in [0.15, 0.2) is 36.5 Å². The summed E-state index contributed by atoms with van der Waals surface area (Å²) in [4.78, 5) is 70.1. The number of urea groups is 1. The first kappa shape index (κ1) is 31.5. The van der Waals surface area contributed by atoms with E-state index in [1.54, 1.807) is 31.3 Å². The number of likely N-dealkylation sites (tertiary alicyclic amines) is 1. The molecule has 0 radical (unpaired) electrons. The first-order valence-corrected chi connectivity index (χ1v) is 14.1. The Labute approximate surface area is 240 Å². The van der Waals surface area contributed by atoms with Crippen molar-refractivity contribution in [1.29, 1.82) is 0 Å². The highest BCUT2D eigenvalue weighted by atomic mass is 16.4. The van der Waals surface area contributed by atoms with Gasteiger partial charge in [-0.15, -0.1) is 0 Å². The zero-order valence-electron chi connectivity index (χ0n) is 24.3. The highest BCUT2D eigenvalue weighted by Gasteiger charge is 2.35. The van der Waals surface area contributed by atoms with Gasteiger partial charge in [0.2, 0.25) is 5.91 Å². The Hall–Kier alpha value is -4.02. The molecule has 1 aliphatic rings. The summed E-state index contributed by atoms with van der Waals surface area (Å²) in [6.45, 7) is 9.11. The quantitative estimate of drug-likeness (QED) is 0.343. The monoisotopic (exact) mass is 567 g/mol. The average molecular weight is 568 g/mol. The molecule has 1 aromatic carbocycles. The number of nitrogens with one attached hydrogen (secondary N) is 3. The minimum atomic E-state index is -1.14. The van der Waals surface area contributed by atoms with E-state index in [0.29, 0.717) is 30.3 Å². The standard InChI is InChI=1S/C30H41N5O6/c1-17(2)14-23(33-27(37)21-10-6-8-20-9-7-13-31-26(20)21)28(38)32-22-12-11-19(5)35(16-25(22)36)30(41)34-24(29(39)40)15-18(3)4/h6-10,13,17-19,22-24H,11-12,14-16H2,1-5H3,(H,32,38)(H,33,37)(H,34,41)(H,39,40). The summed E-state index contributed by atoms with van der Waals surface area (Å²) in [6, 6.07) is 5.12. The zero-order valence-corrected chi connectivity index (χ0v) is 24.3. The molecule has 1 fully saturated rings. The van der Waals surface area contributed by atoms with Crippen molar-refractivity contribution in [3.63, 3.8) is 0 Å². The fourth-order valence-corrected chi connectivity index (χ4v) is 5.01. The van der Waals surface area contributed by atoms with Gasteiger partial charge in [0.15, 0.2) is 5.78 Å². The second-order valence-electron chi connectivity index (χ2n) is 11.6. The number of rotatable bonds is 10. The van der Waals surface area contributed by atoms with Crippen molar-refractivity contribution in [2.75, 3.05) is 6.54 Å². The normalized spacial score (nSPS) is 19.0. The molecule has 0 saturated carbocycles. The molecular weight excluding hydrogens is 526 g/mol. The molecule has 1 aromatic heterocycles. The molecule has 4 N–H and O–H groups in total. The zero-order chi connectivity index (χ0) is 30.3. The lowest BCUT2D eigenvalue weighted by Crippen LogP contribution is -2.54. The van der Waals surface area contributed by atoms with Crippen molar-refractivity contribution >= 4 is 40.5 Å². The number of fused-ring (bicyclic) bond motifs is 1. The largest absolute Gasteiger partial charge is 0.480 e. The van der Waals surface area contributed by atoms with Crippen molar-refractivity contribution < 1.29 is 29.1 Å². The molecule has 4 atom stereocenters. The molecule has 3 rings (SSSR count). The highest BCUT2D eigenvalue weighted by molar-refractivity contribution is 6.07. The van der Waals surface area contributed by atoms with E-state index in [4.69, 9.17) is 0 Å². The van der Waals surface area contributed by atoms with E-state index in [0.717, 1.165) is 5.39 Å². The van der Waals surface area contributed by atoms with Crippen LogP contribution in [0.1, 0.15) is 70.7 Å². The summed E-state index contributed by atoms with van der Waals surface area (Å²) in [5.41, 5.74) is 0.879. The molecule has 4 amide bonds. The SMILES string of the molecule is CC(C)CC(NC(=O)N1CC(=O)C(NC(=O)C(CC(C)C)NC(=O)c2cccc3cccnc23)CCC1C)C(=O)O. The van der Waals surface area contributed by atoms with Gasteiger partial charge < -0.3 is 26.0 Å². The molecule has 2 heterocycles. The number of hydrogen-bond acceptors (Lipinski definition) is 6. The molecule has 0 bridgehead atoms. The van der Waals surface area contributed by atoms with Crippen LogP contribution in [-0.2, 0) is 14.4 Å². The van der Waals surface area contributed by atoms with Crippen LogP contribution in [0.25, 0.3) is 10.9 Å². The third kappa shape index (κ3) is 8.48. The number of carboxylic acids is 1. The Morgan fingerprint density at radius 2 is 1.63 bits per heavy atom. The van der Waals surface area contributed by atoms with Gasteiger partial charge in [-0.2, -0.15) is 0 Å². The van der Waals surface area contributed by atoms with Crippen molar-refractivity contribution in [1.82, 2.24) is 25.8 Å². The number of benzene rings is 1. The van der Waals surface area contributed by atoms with Crippen molar-refractivity contribution in [3.05, 3.63) is 42.1 Å². The van der Waals surface area contributed by atoms with Crippen LogP contribution in [0.2, 0.25) is 0 Å². The Morgan fingerprint density at radius 1 is 0.976 bits per heavy atom. The number of carboxylic acid groups (broad SMARTS) is 1. The maximum absolute atomic E-state index is 13.4. The Morgan fingerprint density at radius 3 is 2.29 bits per heavy atom. The number of carbonyl (C=O) groups is 5. The van der Waals surface area contributed by atoms with Crippen LogP contribution in [0, 0.1) is 11.8 Å². The van der Waals surface area contributed by atoms with Gasteiger partial charge in [-0.1, -0.05) is 45.9 Å². The predicted molar refractivity (Wildman–Crippen MR) is 154 cm³/mol. The summed E-state index contributed by atoms with van der Waals surface area (Å²) in [5, 5.41) is 18.5. The fourth-order valence-electron chi connectivity index (χ4n) is 5.01. The molecule has 222 valence electrons. The lowest BCUT2D eigenvalue weighted by atomic mass is 10.0. The molecular formula is C30H41N5O6. The molecule has 4 unspecified atom stereocenters. The van der Waals surface area contributed by atoms with Gasteiger partial charge in [0.05, 0.1) is 23.7 Å². The first-order chi connectivity index (χ1) is 19.4. The summed E-state index contributed by atoms with van der Waals surface area (Å²) in [6.07, 6.45) is 2.95. The van der Waals surface area contributed by atoms with E-state index in [2.05, 4.69) is 20.9 Å². The minimum Gasteiger partial charge on any atom is -0.480 e. The lowest BCUT2D eigenvalue weighted by molar-refractivity contribution is -0.139. The molecule has 11 nitrogen and oxygen atoms in total. The summed E-state index contributed by atoms with van der Waals surface area (Å²) in [5.74, 6) is -2.28. The van der Waals surface area contributed by atoms with Crippen molar-refractivity contribution in [2.45, 2.75) is 84.5 Å². The molecule has 1 aliphatic heterocycles. The summed E-state index contributed by atoms with van der Waals surface area (Å²) < 4.78 is 0. The molecule has 1 saturated heterocycles. The van der Waals surface area contributed by atoms with Crippen LogP contribution in [-0.4, -0.2) is 75.3 Å². The van der Waals surface area contributed by atoms with E-state index in [9.17, 15) is 29.1 Å². The van der Waals surface area contributed by atoms with E-state index in [1.165, 1.54) is 4.90 Å². The second kappa shape index (κ2) is 14.0. The fraction of sp³-hybridized carbons (Fsp3) is 0.533. The number of nitrogens with zero attached hydrogens (tertiary/aromatic N) is 2. The topological polar surface area (TPSA) is 158 Å². The van der Waals surface area contributed by atoms with Crippen LogP contribution in [0.5, 0.6) is 0 Å². The van der Waals surface area contributed by atoms with Gasteiger partial charge in [0.25, 0.3) is 5.91 Å². The summed E-state index contributed by atoms with van der Waals surface area (Å²) >= 11 is 0. The maximum Gasteiger partial charge on any atom is 0.326 e. The number of carbonyl (C=O) groups excluding carboxylic acids is 4. The lowest BCUT2D eigenvalue weighted by Gasteiger charge is -2.28. The van der Waals surface area contributed by atoms with Crippen molar-refractivity contribution in [2.24, 2.45) is 11.8 Å². The average Bonchev–Trinajstić information content (AvgIpc) is 3.05. The maximum atomic E-state index is 13.4. The second-order valence-corrected chi connectivity index (χ2v) is 11.6. The number of Topliss-reactive ketones (excluding diaryl/α,β-unsaturated/α-hetero) is 1. The van der Waals surface area contributed by atoms with Gasteiger partial charge in [0.1, 0.15) is 12.1 Å². The van der Waals surface area contributed by atoms with Crippen LogP contribution in [0.3, 0.4) is 0 Å². The van der Waals surface area contributed by atoms with E-state index in [-0.39, 0.29) is 36.6 Å². The van der Waals surface area contributed by atoms with E-state index < -0.39 is 41.9 Å². The van der Waals surface area contributed by atoms with Gasteiger partial charge in [-0.3, -0.25) is 19.4 Å². The summed E-state index contributed by atoms with van der Waals surface area (Å²) in [7, 11) is 0. The third-order valence-corrected chi connectivity index (χ3v) is 7.21. The van der Waals surface area contributed by atoms with Gasteiger partial charge in [-0.25, -0.2) is 9.59 Å². The molecule has 2 aromatic rings. The molecule has 41 heavy (non-hydrogen) atoms. The number of ketones is 1. The van der Waals surface area contributed by atoms with Crippen molar-refractivity contribution in [3.8, 4) is 0 Å². The van der Waals surface area contributed by atoms with E-state index >= 15 is 0 Å². The Balaban J connectivity index is 1.70. The van der Waals surface area contributed by atoms with Crippen LogP contribution in [0.4, 0.5) is 4.79 Å². The van der Waals surface area contributed by atoms with Gasteiger partial charge in [-0.05, 0) is 56.6 Å². The van der Waals surface area contributed by atoms with Crippen LogP contribution >= 0.6 is 0 Å². The smallest absolute Gasteiger partial charge is 0.326 e. The number of pyridine rings is 1. The Kier molecular flexibility index (Phi) is 10.8. The van der Waals surface area contributed by atoms with Crippen LogP contribution < -0.4 is 16.0 Å². The number of aliphatic carboxylic acids is 1. The highest BCUT2D eigenvalue weighted by Crippen LogP contribution is 2.19. The first-order valence-electron chi connectivity index (χ1n) is 14.1. The number of para-hydroxylation sites is 1. The van der Waals surface area contributed by atoms with E-state index in [1.807, 2.05) is 39.8 Å². The number of amides is 4. The molecule has 0 aliphatic carbocycles. The molecule has 0 spiro atoms. The molecule has 11 heteroatoms. The number of hydrogen-bond donors (Lipinski definition) is 4.